The maximum Gasteiger partial charge on any atom is 0.160 e. The summed E-state index contributed by atoms with van der Waals surface area (Å²) in [6.45, 7) is 3.95. The first-order chi connectivity index (χ1) is 12.5. The molecule has 1 aromatic heterocycles. The van der Waals surface area contributed by atoms with Gasteiger partial charge in [0.1, 0.15) is 6.10 Å². The van der Waals surface area contributed by atoms with Gasteiger partial charge in [0.05, 0.1) is 26.9 Å². The smallest absolute Gasteiger partial charge is 0.160 e. The minimum atomic E-state index is -0.706. The summed E-state index contributed by atoms with van der Waals surface area (Å²) in [5.41, 5.74) is 2.29. The lowest BCUT2D eigenvalue weighted by molar-refractivity contribution is 0.0863. The van der Waals surface area contributed by atoms with Gasteiger partial charge in [-0.15, -0.1) is 23.7 Å². The highest BCUT2D eigenvalue weighted by Crippen LogP contribution is 2.28. The minimum absolute atomic E-state index is 0. The number of aliphatic hydroxyl groups excluding tert-OH is 2. The highest BCUT2D eigenvalue weighted by atomic mass is 35.5. The van der Waals surface area contributed by atoms with Gasteiger partial charge < -0.3 is 25.0 Å². The van der Waals surface area contributed by atoms with Gasteiger partial charge in [-0.3, -0.25) is 0 Å². The quantitative estimate of drug-likeness (QED) is 0.554. The minimum Gasteiger partial charge on any atom is -0.493 e. The maximum absolute atomic E-state index is 10.5. The molecule has 0 aliphatic rings. The van der Waals surface area contributed by atoms with Crippen molar-refractivity contribution >= 4 is 23.7 Å². The summed E-state index contributed by atoms with van der Waals surface area (Å²) in [4.78, 5) is 0.876. The van der Waals surface area contributed by atoms with Gasteiger partial charge in [0.15, 0.2) is 11.5 Å². The SMILES string of the molecule is COc1ccc(CCC(C)N[C@@H](CO)[C@H](O)c2cc(C)cs2)cc1OC.Cl. The van der Waals surface area contributed by atoms with Crippen LogP contribution < -0.4 is 14.8 Å². The molecular formula is C20H30ClNO4S. The summed E-state index contributed by atoms with van der Waals surface area (Å²) in [6, 6.07) is 7.66. The number of hydrogen-bond acceptors (Lipinski definition) is 6. The van der Waals surface area contributed by atoms with E-state index in [4.69, 9.17) is 9.47 Å². The molecule has 152 valence electrons. The number of halogens is 1. The van der Waals surface area contributed by atoms with Crippen molar-refractivity contribution in [3.63, 3.8) is 0 Å². The molecule has 0 fully saturated rings. The van der Waals surface area contributed by atoms with E-state index in [2.05, 4.69) is 12.2 Å². The Morgan fingerprint density at radius 1 is 1.15 bits per heavy atom. The molecule has 0 aliphatic heterocycles. The zero-order chi connectivity index (χ0) is 19.1. The number of methoxy groups -OCH3 is 2. The lowest BCUT2D eigenvalue weighted by atomic mass is 10.0. The Hall–Kier alpha value is -1.31. The van der Waals surface area contributed by atoms with Crippen LogP contribution in [0.4, 0.5) is 0 Å². The van der Waals surface area contributed by atoms with Crippen LogP contribution in [0.15, 0.2) is 29.6 Å². The van der Waals surface area contributed by atoms with Crippen LogP contribution in [0.3, 0.4) is 0 Å². The molecule has 3 N–H and O–H groups in total. The molecule has 2 rings (SSSR count). The fraction of sp³-hybridized carbons (Fsp3) is 0.500. The molecule has 3 atom stereocenters. The second-order valence-electron chi connectivity index (χ2n) is 6.56. The van der Waals surface area contributed by atoms with Gasteiger partial charge >= 0.3 is 0 Å². The largest absolute Gasteiger partial charge is 0.493 e. The topological polar surface area (TPSA) is 71.0 Å². The monoisotopic (exact) mass is 415 g/mol. The van der Waals surface area contributed by atoms with Crippen LogP contribution in [0.25, 0.3) is 0 Å². The third-order valence-electron chi connectivity index (χ3n) is 4.43. The molecular weight excluding hydrogens is 386 g/mol. The molecule has 0 saturated heterocycles. The Labute approximate surface area is 171 Å². The highest BCUT2D eigenvalue weighted by molar-refractivity contribution is 7.10. The van der Waals surface area contributed by atoms with Crippen molar-refractivity contribution < 1.29 is 19.7 Å². The van der Waals surface area contributed by atoms with Gasteiger partial charge in [0.25, 0.3) is 0 Å². The molecule has 1 heterocycles. The van der Waals surface area contributed by atoms with Crippen molar-refractivity contribution in [1.29, 1.82) is 0 Å². The molecule has 1 unspecified atom stereocenters. The number of rotatable bonds is 10. The van der Waals surface area contributed by atoms with Crippen molar-refractivity contribution in [3.05, 3.63) is 45.6 Å². The van der Waals surface area contributed by atoms with Gasteiger partial charge in [0, 0.05) is 10.9 Å². The normalized spacial score (nSPS) is 14.1. The third kappa shape index (κ3) is 6.66. The van der Waals surface area contributed by atoms with Crippen LogP contribution in [0, 0.1) is 6.92 Å². The van der Waals surface area contributed by atoms with Crippen LogP contribution in [0.1, 0.15) is 35.5 Å². The molecule has 27 heavy (non-hydrogen) atoms. The predicted octanol–water partition coefficient (Wildman–Crippen LogP) is 3.50. The average molecular weight is 416 g/mol. The molecule has 1 aromatic carbocycles. The molecule has 2 aromatic rings. The van der Waals surface area contributed by atoms with E-state index in [1.807, 2.05) is 36.6 Å². The van der Waals surface area contributed by atoms with Crippen molar-refractivity contribution in [2.24, 2.45) is 0 Å². The molecule has 7 heteroatoms. The summed E-state index contributed by atoms with van der Waals surface area (Å²) in [6.07, 6.45) is 1.03. The van der Waals surface area contributed by atoms with Gasteiger partial charge in [-0.2, -0.15) is 0 Å². The molecule has 0 amide bonds. The summed E-state index contributed by atoms with van der Waals surface area (Å²) in [7, 11) is 3.25. The molecule has 0 radical (unpaired) electrons. The zero-order valence-corrected chi connectivity index (χ0v) is 17.9. The summed E-state index contributed by atoms with van der Waals surface area (Å²) in [5.74, 6) is 1.44. The molecule has 0 saturated carbocycles. The van der Waals surface area contributed by atoms with Crippen LogP contribution in [-0.4, -0.2) is 43.1 Å². The Morgan fingerprint density at radius 2 is 1.85 bits per heavy atom. The standard InChI is InChI=1S/C20H29NO4S.ClH/c1-13-9-19(26-12-13)20(23)16(11-22)21-14(2)5-6-15-7-8-17(24-3)18(10-15)25-4;/h7-10,12,14,16,20-23H,5-6,11H2,1-4H3;1H/t14?,16-,20-;/m0./s1. The van der Waals surface area contributed by atoms with Crippen molar-refractivity contribution in [2.45, 2.75) is 44.9 Å². The van der Waals surface area contributed by atoms with Gasteiger partial charge in [-0.05, 0) is 61.4 Å². The van der Waals surface area contributed by atoms with Crippen molar-refractivity contribution in [1.82, 2.24) is 5.32 Å². The first kappa shape index (κ1) is 23.7. The number of hydrogen-bond donors (Lipinski definition) is 3. The Kier molecular flexibility index (Phi) is 10.1. The van der Waals surface area contributed by atoms with E-state index in [0.29, 0.717) is 0 Å². The van der Waals surface area contributed by atoms with Crippen LogP contribution >= 0.6 is 23.7 Å². The van der Waals surface area contributed by atoms with Gasteiger partial charge in [-0.1, -0.05) is 6.07 Å². The van der Waals surface area contributed by atoms with E-state index in [1.165, 1.54) is 11.3 Å². The van der Waals surface area contributed by atoms with Gasteiger partial charge in [0.2, 0.25) is 0 Å². The fourth-order valence-electron chi connectivity index (χ4n) is 2.92. The zero-order valence-electron chi connectivity index (χ0n) is 16.3. The number of aryl methyl sites for hydroxylation is 2. The van der Waals surface area contributed by atoms with Crippen LogP contribution in [-0.2, 0) is 6.42 Å². The average Bonchev–Trinajstić information content (AvgIpc) is 3.09. The number of thiophene rings is 1. The van der Waals surface area contributed by atoms with E-state index < -0.39 is 6.10 Å². The number of aliphatic hydroxyl groups is 2. The van der Waals surface area contributed by atoms with Gasteiger partial charge in [-0.25, -0.2) is 0 Å². The van der Waals surface area contributed by atoms with Crippen LogP contribution in [0.2, 0.25) is 0 Å². The number of nitrogens with one attached hydrogen (secondary N) is 1. The second kappa shape index (κ2) is 11.5. The molecule has 0 spiro atoms. The van der Waals surface area contributed by atoms with Crippen LogP contribution in [0.5, 0.6) is 11.5 Å². The molecule has 0 aliphatic carbocycles. The molecule has 0 bridgehead atoms. The predicted molar refractivity (Wildman–Crippen MR) is 113 cm³/mol. The van der Waals surface area contributed by atoms with E-state index >= 15 is 0 Å². The second-order valence-corrected chi connectivity index (χ2v) is 7.50. The first-order valence-corrected chi connectivity index (χ1v) is 9.67. The fourth-order valence-corrected chi connectivity index (χ4v) is 3.87. The Morgan fingerprint density at radius 3 is 2.41 bits per heavy atom. The Balaban J connectivity index is 0.00000364. The number of ether oxygens (including phenoxy) is 2. The lowest BCUT2D eigenvalue weighted by Crippen LogP contribution is -2.43. The molecule has 5 nitrogen and oxygen atoms in total. The Bertz CT molecular complexity index is 694. The highest BCUT2D eigenvalue weighted by Gasteiger charge is 2.23. The van der Waals surface area contributed by atoms with E-state index in [-0.39, 0.29) is 31.1 Å². The number of benzene rings is 1. The lowest BCUT2D eigenvalue weighted by Gasteiger charge is -2.25. The van der Waals surface area contributed by atoms with Crippen molar-refractivity contribution in [3.8, 4) is 11.5 Å². The summed E-state index contributed by atoms with van der Waals surface area (Å²) < 4.78 is 10.6. The first-order valence-electron chi connectivity index (χ1n) is 8.79. The summed E-state index contributed by atoms with van der Waals surface area (Å²) in [5, 5.41) is 25.5. The maximum atomic E-state index is 10.5. The van der Waals surface area contributed by atoms with E-state index in [9.17, 15) is 10.2 Å². The van der Waals surface area contributed by atoms with E-state index in [0.717, 1.165) is 40.3 Å². The van der Waals surface area contributed by atoms with Crippen molar-refractivity contribution in [2.75, 3.05) is 20.8 Å². The summed E-state index contributed by atoms with van der Waals surface area (Å²) >= 11 is 1.52. The third-order valence-corrected chi connectivity index (χ3v) is 5.55. The van der Waals surface area contributed by atoms with E-state index in [1.54, 1.807) is 14.2 Å².